The number of aromatic nitrogens is 1. The fourth-order valence-electron chi connectivity index (χ4n) is 1.73. The Morgan fingerprint density at radius 1 is 1.31 bits per heavy atom. The van der Waals surface area contributed by atoms with E-state index in [4.69, 9.17) is 4.18 Å². The van der Waals surface area contributed by atoms with Gasteiger partial charge in [0.2, 0.25) is 0 Å². The van der Waals surface area contributed by atoms with Crippen LogP contribution in [-0.4, -0.2) is 4.98 Å². The summed E-state index contributed by atoms with van der Waals surface area (Å²) in [5.41, 5.74) is 3.22. The van der Waals surface area contributed by atoms with Crippen molar-refractivity contribution in [3.05, 3.63) is 32.3 Å². The number of benzene rings is 1. The Bertz CT molecular complexity index is 527. The number of hydrogen-bond donors (Lipinski definition) is 3. The Morgan fingerprint density at radius 2 is 2.06 bits per heavy atom. The van der Waals surface area contributed by atoms with E-state index in [1.807, 2.05) is 12.1 Å². The highest BCUT2D eigenvalue weighted by Gasteiger charge is 2.13. The van der Waals surface area contributed by atoms with Gasteiger partial charge in [-0.1, -0.05) is 31.9 Å². The van der Waals surface area contributed by atoms with Crippen molar-refractivity contribution in [2.45, 2.75) is 12.4 Å². The minimum Gasteiger partial charge on any atom is -0.357 e. The van der Waals surface area contributed by atoms with Gasteiger partial charge in [-0.15, -0.1) is 0 Å². The second-order valence-corrected chi connectivity index (χ2v) is 5.67. The predicted molar refractivity (Wildman–Crippen MR) is 80.2 cm³/mol. The normalized spacial score (nSPS) is 11.2. The third-order valence-electron chi connectivity index (χ3n) is 2.37. The highest BCUT2D eigenvalue weighted by atomic mass is 79.9. The number of fused-ring (bicyclic) bond motifs is 1. The van der Waals surface area contributed by atoms with Gasteiger partial charge in [0.15, 0.2) is 0 Å². The number of thiol groups is 2. The van der Waals surface area contributed by atoms with Crippen LogP contribution in [0.5, 0.6) is 0 Å². The summed E-state index contributed by atoms with van der Waals surface area (Å²) in [6.07, 6.45) is 0. The van der Waals surface area contributed by atoms with E-state index in [-0.39, 0.29) is 0 Å². The first kappa shape index (κ1) is 12.8. The van der Waals surface area contributed by atoms with Crippen LogP contribution in [0.15, 0.2) is 21.1 Å². The average molecular weight is 383 g/mol. The Kier molecular flexibility index (Phi) is 4.29. The lowest BCUT2D eigenvalue weighted by Crippen LogP contribution is -1.89. The monoisotopic (exact) mass is 381 g/mol. The summed E-state index contributed by atoms with van der Waals surface area (Å²) in [6.45, 7) is 0.458. The van der Waals surface area contributed by atoms with E-state index < -0.39 is 0 Å². The first-order valence-electron chi connectivity index (χ1n) is 4.53. The van der Waals surface area contributed by atoms with Crippen LogP contribution in [0.3, 0.4) is 0 Å². The van der Waals surface area contributed by atoms with Gasteiger partial charge in [0.05, 0.1) is 6.61 Å². The van der Waals surface area contributed by atoms with Crippen molar-refractivity contribution in [3.63, 3.8) is 0 Å². The Morgan fingerprint density at radius 3 is 2.69 bits per heavy atom. The molecule has 0 spiro atoms. The van der Waals surface area contributed by atoms with Gasteiger partial charge in [0.25, 0.3) is 0 Å². The van der Waals surface area contributed by atoms with E-state index in [2.05, 4.69) is 62.4 Å². The number of halogens is 2. The fraction of sp³-hybridized carbons (Fsp3) is 0.200. The first-order chi connectivity index (χ1) is 7.67. The van der Waals surface area contributed by atoms with E-state index in [1.165, 1.54) is 0 Å². The lowest BCUT2D eigenvalue weighted by molar-refractivity contribution is 0.372. The standard InChI is InChI=1S/C10H9Br2NOS2/c11-5-1-7(12)10-6(3-14-16)9(4-15)13-8(10)2-5/h1-2,13,15-16H,3-4H2. The zero-order chi connectivity index (χ0) is 11.7. The third-order valence-corrected chi connectivity index (χ3v) is 3.90. The second-order valence-electron chi connectivity index (χ2n) is 3.32. The Balaban J connectivity index is 2.73. The van der Waals surface area contributed by atoms with Crippen LogP contribution in [0.4, 0.5) is 0 Å². The van der Waals surface area contributed by atoms with Crippen molar-refractivity contribution in [2.24, 2.45) is 0 Å². The number of aromatic amines is 1. The molecule has 1 aromatic carbocycles. The highest BCUT2D eigenvalue weighted by molar-refractivity contribution is 9.11. The summed E-state index contributed by atoms with van der Waals surface area (Å²) in [5, 5.41) is 1.13. The van der Waals surface area contributed by atoms with Crippen LogP contribution in [0, 0.1) is 0 Å². The van der Waals surface area contributed by atoms with Crippen molar-refractivity contribution in [1.29, 1.82) is 0 Å². The molecule has 16 heavy (non-hydrogen) atoms. The summed E-state index contributed by atoms with van der Waals surface area (Å²) in [5.74, 6) is 0.644. The van der Waals surface area contributed by atoms with Gasteiger partial charge in [0.1, 0.15) is 0 Å². The van der Waals surface area contributed by atoms with Crippen molar-refractivity contribution in [3.8, 4) is 0 Å². The number of H-pyrrole nitrogens is 1. The molecule has 2 nitrogen and oxygen atoms in total. The number of nitrogens with one attached hydrogen (secondary N) is 1. The topological polar surface area (TPSA) is 25.0 Å². The average Bonchev–Trinajstić information content (AvgIpc) is 2.57. The number of rotatable bonds is 3. The molecule has 0 unspecified atom stereocenters. The molecule has 1 aromatic heterocycles. The lowest BCUT2D eigenvalue weighted by Gasteiger charge is -2.02. The minimum absolute atomic E-state index is 0.458. The molecule has 0 aliphatic carbocycles. The quantitative estimate of drug-likeness (QED) is 0.529. The van der Waals surface area contributed by atoms with E-state index in [0.29, 0.717) is 12.4 Å². The van der Waals surface area contributed by atoms with Gasteiger partial charge in [-0.05, 0) is 25.0 Å². The van der Waals surface area contributed by atoms with Crippen molar-refractivity contribution >= 4 is 68.3 Å². The van der Waals surface area contributed by atoms with Crippen molar-refractivity contribution in [2.75, 3.05) is 0 Å². The molecular formula is C10H9Br2NOS2. The van der Waals surface area contributed by atoms with Crippen LogP contribution in [0.2, 0.25) is 0 Å². The lowest BCUT2D eigenvalue weighted by atomic mass is 10.1. The molecule has 1 heterocycles. The molecule has 0 aliphatic rings. The summed E-state index contributed by atoms with van der Waals surface area (Å²) in [7, 11) is 0. The summed E-state index contributed by atoms with van der Waals surface area (Å²) in [4.78, 5) is 3.33. The molecule has 0 saturated heterocycles. The second kappa shape index (κ2) is 5.35. The Hall–Kier alpha value is 0.380. The maximum Gasteiger partial charge on any atom is 0.0885 e. The van der Waals surface area contributed by atoms with Gasteiger partial charge < -0.3 is 9.17 Å². The third kappa shape index (κ3) is 2.31. The molecule has 0 aliphatic heterocycles. The molecule has 86 valence electrons. The molecule has 0 amide bonds. The van der Waals surface area contributed by atoms with Gasteiger partial charge in [-0.2, -0.15) is 12.6 Å². The Labute approximate surface area is 121 Å². The van der Waals surface area contributed by atoms with E-state index in [1.54, 1.807) is 0 Å². The van der Waals surface area contributed by atoms with Crippen LogP contribution in [0.1, 0.15) is 11.3 Å². The fourth-order valence-corrected chi connectivity index (χ4v) is 3.59. The van der Waals surface area contributed by atoms with Gasteiger partial charge in [-0.25, -0.2) is 0 Å². The van der Waals surface area contributed by atoms with Gasteiger partial charge in [0, 0.05) is 36.9 Å². The molecule has 0 fully saturated rings. The molecule has 6 heteroatoms. The molecule has 2 aromatic rings. The van der Waals surface area contributed by atoms with E-state index >= 15 is 0 Å². The van der Waals surface area contributed by atoms with Crippen molar-refractivity contribution in [1.82, 2.24) is 4.98 Å². The van der Waals surface area contributed by atoms with Crippen LogP contribution >= 0.6 is 57.4 Å². The van der Waals surface area contributed by atoms with E-state index in [0.717, 1.165) is 31.1 Å². The molecular weight excluding hydrogens is 374 g/mol. The SMILES string of the molecule is SCc1[nH]c2cc(Br)cc(Br)c2c1COS. The van der Waals surface area contributed by atoms with Crippen LogP contribution in [-0.2, 0) is 16.5 Å². The van der Waals surface area contributed by atoms with Gasteiger partial charge in [-0.3, -0.25) is 0 Å². The molecule has 0 bridgehead atoms. The molecule has 2 rings (SSSR count). The smallest absolute Gasteiger partial charge is 0.0885 e. The van der Waals surface area contributed by atoms with E-state index in [9.17, 15) is 0 Å². The maximum atomic E-state index is 4.93. The van der Waals surface area contributed by atoms with Crippen LogP contribution < -0.4 is 0 Å². The molecule has 0 radical (unpaired) electrons. The molecule has 0 saturated carbocycles. The molecule has 0 atom stereocenters. The maximum absolute atomic E-state index is 4.93. The number of hydrogen-bond acceptors (Lipinski definition) is 3. The summed E-state index contributed by atoms with van der Waals surface area (Å²) in [6, 6.07) is 4.05. The zero-order valence-corrected chi connectivity index (χ0v) is 13.1. The zero-order valence-electron chi connectivity index (χ0n) is 8.13. The summed E-state index contributed by atoms with van der Waals surface area (Å²) < 4.78 is 6.98. The van der Waals surface area contributed by atoms with Crippen LogP contribution in [0.25, 0.3) is 10.9 Å². The van der Waals surface area contributed by atoms with Crippen molar-refractivity contribution < 1.29 is 4.18 Å². The summed E-state index contributed by atoms with van der Waals surface area (Å²) >= 11 is 15.1. The predicted octanol–water partition coefficient (Wildman–Crippen LogP) is 4.48. The molecule has 1 N–H and O–H groups in total. The minimum atomic E-state index is 0.458. The largest absolute Gasteiger partial charge is 0.357 e. The van der Waals surface area contributed by atoms with Gasteiger partial charge >= 0.3 is 0 Å². The highest BCUT2D eigenvalue weighted by Crippen LogP contribution is 2.33. The first-order valence-corrected chi connectivity index (χ1v) is 7.11.